The van der Waals surface area contributed by atoms with Gasteiger partial charge < -0.3 is 20.6 Å². The van der Waals surface area contributed by atoms with Gasteiger partial charge in [-0.2, -0.15) is 0 Å². The predicted molar refractivity (Wildman–Crippen MR) is 46.3 cm³/mol. The van der Waals surface area contributed by atoms with Crippen LogP contribution < -0.4 is 5.73 Å². The fourth-order valence-corrected chi connectivity index (χ4v) is 0.886. The summed E-state index contributed by atoms with van der Waals surface area (Å²) >= 11 is 0. The largest absolute Gasteiger partial charge is 0.480 e. The maximum absolute atomic E-state index is 10.4. The Morgan fingerprint density at radius 2 is 2.08 bits per heavy atom. The number of aliphatic carboxylic acids is 1. The molecule has 0 amide bonds. The van der Waals surface area contributed by atoms with Gasteiger partial charge in [-0.25, -0.2) is 4.79 Å². The molecule has 0 spiro atoms. The lowest BCUT2D eigenvalue weighted by Gasteiger charge is -2.13. The molecule has 0 radical (unpaired) electrons. The molecule has 0 aliphatic carbocycles. The average Bonchev–Trinajstić information content (AvgIpc) is 1.82. The quantitative estimate of drug-likeness (QED) is 0.366. The molecule has 0 aliphatic heterocycles. The maximum atomic E-state index is 10.4. The Bertz CT molecular complexity index is 266. The molecular weight excluding hydrogens is 197 g/mol. The molecule has 1 atom stereocenters. The van der Waals surface area contributed by atoms with E-state index in [1.807, 2.05) is 0 Å². The van der Waals surface area contributed by atoms with Gasteiger partial charge in [-0.05, 0) is 6.92 Å². The maximum Gasteiger partial charge on any atom is 0.329 e. The topological polar surface area (TPSA) is 121 Å². The van der Waals surface area contributed by atoms with Gasteiger partial charge in [0.2, 0.25) is 0 Å². The van der Waals surface area contributed by atoms with Crippen molar-refractivity contribution >= 4 is 13.6 Å². The van der Waals surface area contributed by atoms with Gasteiger partial charge in [0, 0.05) is 0 Å². The van der Waals surface area contributed by atoms with Crippen molar-refractivity contribution in [3.8, 4) is 0 Å². The number of hydrogen-bond acceptors (Lipinski definition) is 3. The van der Waals surface area contributed by atoms with E-state index in [9.17, 15) is 9.36 Å². The number of carboxylic acid groups (broad SMARTS) is 1. The van der Waals surface area contributed by atoms with Crippen LogP contribution in [0.4, 0.5) is 0 Å². The van der Waals surface area contributed by atoms with Gasteiger partial charge in [0.1, 0.15) is 5.54 Å². The first kappa shape index (κ1) is 12.3. The molecular formula is C6H12NO5P. The molecule has 0 saturated heterocycles. The van der Waals surface area contributed by atoms with E-state index >= 15 is 0 Å². The number of rotatable bonds is 4. The molecule has 0 fully saturated rings. The van der Waals surface area contributed by atoms with E-state index in [1.54, 1.807) is 0 Å². The molecule has 0 saturated carbocycles. The molecule has 5 N–H and O–H groups in total. The highest BCUT2D eigenvalue weighted by atomic mass is 31.2. The Morgan fingerprint density at radius 1 is 1.62 bits per heavy atom. The fourth-order valence-electron chi connectivity index (χ4n) is 0.506. The summed E-state index contributed by atoms with van der Waals surface area (Å²) in [7, 11) is -4.12. The summed E-state index contributed by atoms with van der Waals surface area (Å²) < 4.78 is 10.3. The minimum absolute atomic E-state index is 0.507. The summed E-state index contributed by atoms with van der Waals surface area (Å²) in [4.78, 5) is 27.3. The lowest BCUT2D eigenvalue weighted by Crippen LogP contribution is -2.42. The predicted octanol–water partition coefficient (Wildman–Crippen LogP) is -0.478. The lowest BCUT2D eigenvalue weighted by atomic mass is 10.0. The van der Waals surface area contributed by atoms with Crippen LogP contribution in [0.3, 0.4) is 0 Å². The third-order valence-corrected chi connectivity index (χ3v) is 1.95. The van der Waals surface area contributed by atoms with Crippen LogP contribution in [0.2, 0.25) is 0 Å². The van der Waals surface area contributed by atoms with E-state index in [0.29, 0.717) is 0 Å². The van der Waals surface area contributed by atoms with Crippen molar-refractivity contribution in [3.63, 3.8) is 0 Å². The Labute approximate surface area is 75.2 Å². The van der Waals surface area contributed by atoms with Crippen LogP contribution in [0, 0.1) is 0 Å². The van der Waals surface area contributed by atoms with Crippen molar-refractivity contribution < 1.29 is 24.3 Å². The summed E-state index contributed by atoms with van der Waals surface area (Å²) in [6.45, 7) is 1.23. The number of allylic oxidation sites excluding steroid dienone is 1. The zero-order valence-electron chi connectivity index (χ0n) is 7.04. The van der Waals surface area contributed by atoms with E-state index in [0.717, 1.165) is 12.2 Å². The first-order valence-electron chi connectivity index (χ1n) is 3.40. The molecule has 0 bridgehead atoms. The third-order valence-electron chi connectivity index (χ3n) is 1.27. The van der Waals surface area contributed by atoms with E-state index in [4.69, 9.17) is 20.6 Å². The van der Waals surface area contributed by atoms with Crippen molar-refractivity contribution in [2.24, 2.45) is 5.73 Å². The average molecular weight is 209 g/mol. The van der Waals surface area contributed by atoms with Gasteiger partial charge in [0.25, 0.3) is 0 Å². The van der Waals surface area contributed by atoms with Gasteiger partial charge in [0.05, 0.1) is 6.16 Å². The summed E-state index contributed by atoms with van der Waals surface area (Å²) in [5, 5.41) is 8.50. The highest BCUT2D eigenvalue weighted by Gasteiger charge is 2.24. The highest BCUT2D eigenvalue weighted by molar-refractivity contribution is 7.51. The van der Waals surface area contributed by atoms with E-state index < -0.39 is 25.3 Å². The first-order chi connectivity index (χ1) is 5.65. The van der Waals surface area contributed by atoms with Crippen LogP contribution in [0.5, 0.6) is 0 Å². The molecule has 0 rings (SSSR count). The van der Waals surface area contributed by atoms with Gasteiger partial charge in [0.15, 0.2) is 0 Å². The summed E-state index contributed by atoms with van der Waals surface area (Å²) in [6, 6.07) is 0. The second-order valence-corrected chi connectivity index (χ2v) is 4.53. The standard InChI is InChI=1S/C6H12NO5P/c1-6(7,5(8)9)3-2-4-13(10,11)12/h2-3H,4,7H2,1H3,(H,8,9)(H2,10,11,12). The SMILES string of the molecule is CC(N)(C=CCP(=O)(O)O)C(=O)O. The van der Waals surface area contributed by atoms with Crippen LogP contribution in [0.15, 0.2) is 12.2 Å². The molecule has 0 aromatic heterocycles. The Balaban J connectivity index is 4.29. The molecule has 0 aliphatic rings. The monoisotopic (exact) mass is 209 g/mol. The molecule has 0 aromatic rings. The first-order valence-corrected chi connectivity index (χ1v) is 5.19. The Morgan fingerprint density at radius 3 is 2.38 bits per heavy atom. The van der Waals surface area contributed by atoms with E-state index in [1.165, 1.54) is 6.92 Å². The fraction of sp³-hybridized carbons (Fsp3) is 0.500. The summed E-state index contributed by atoms with van der Waals surface area (Å²) in [6.07, 6.45) is 1.61. The molecule has 6 nitrogen and oxygen atoms in total. The van der Waals surface area contributed by atoms with Gasteiger partial charge >= 0.3 is 13.6 Å². The van der Waals surface area contributed by atoms with Crippen LogP contribution in [0.1, 0.15) is 6.92 Å². The molecule has 7 heteroatoms. The molecule has 0 heterocycles. The number of carboxylic acids is 1. The van der Waals surface area contributed by atoms with E-state index in [2.05, 4.69) is 0 Å². The van der Waals surface area contributed by atoms with Gasteiger partial charge in [-0.15, -0.1) is 0 Å². The summed E-state index contributed by atoms with van der Waals surface area (Å²) in [5.74, 6) is -1.26. The highest BCUT2D eigenvalue weighted by Crippen LogP contribution is 2.33. The zero-order valence-corrected chi connectivity index (χ0v) is 7.94. The van der Waals surface area contributed by atoms with Crippen LogP contribution in [-0.4, -0.2) is 32.6 Å². The van der Waals surface area contributed by atoms with E-state index in [-0.39, 0.29) is 0 Å². The number of carbonyl (C=O) groups is 1. The van der Waals surface area contributed by atoms with Crippen LogP contribution in [0.25, 0.3) is 0 Å². The van der Waals surface area contributed by atoms with Gasteiger partial charge in [-0.1, -0.05) is 12.2 Å². The van der Waals surface area contributed by atoms with Crippen molar-refractivity contribution in [2.75, 3.05) is 6.16 Å². The second-order valence-electron chi connectivity index (χ2n) is 2.84. The Kier molecular flexibility index (Phi) is 3.81. The second kappa shape index (κ2) is 4.02. The lowest BCUT2D eigenvalue weighted by molar-refractivity contribution is -0.140. The normalized spacial score (nSPS) is 17.2. The van der Waals surface area contributed by atoms with Gasteiger partial charge in [-0.3, -0.25) is 4.57 Å². The molecule has 76 valence electrons. The smallest absolute Gasteiger partial charge is 0.329 e. The minimum atomic E-state index is -4.12. The van der Waals surface area contributed by atoms with Crippen molar-refractivity contribution in [2.45, 2.75) is 12.5 Å². The third kappa shape index (κ3) is 5.54. The van der Waals surface area contributed by atoms with Crippen molar-refractivity contribution in [1.82, 2.24) is 0 Å². The number of hydrogen-bond donors (Lipinski definition) is 4. The molecule has 0 aromatic carbocycles. The molecule has 13 heavy (non-hydrogen) atoms. The van der Waals surface area contributed by atoms with Crippen LogP contribution >= 0.6 is 7.60 Å². The molecule has 1 unspecified atom stereocenters. The van der Waals surface area contributed by atoms with Crippen molar-refractivity contribution in [1.29, 1.82) is 0 Å². The zero-order chi connectivity index (χ0) is 10.7. The minimum Gasteiger partial charge on any atom is -0.480 e. The number of nitrogens with two attached hydrogens (primary N) is 1. The Hall–Kier alpha value is -0.680. The van der Waals surface area contributed by atoms with Crippen LogP contribution in [-0.2, 0) is 9.36 Å². The summed E-state index contributed by atoms with van der Waals surface area (Å²) in [5.41, 5.74) is 3.66. The van der Waals surface area contributed by atoms with Crippen molar-refractivity contribution in [3.05, 3.63) is 12.2 Å².